The van der Waals surface area contributed by atoms with Gasteiger partial charge in [-0.05, 0) is 25.0 Å². The van der Waals surface area contributed by atoms with Gasteiger partial charge in [0.1, 0.15) is 11.6 Å². The maximum atomic E-state index is 13.5. The van der Waals surface area contributed by atoms with Gasteiger partial charge in [0.15, 0.2) is 0 Å². The predicted molar refractivity (Wildman–Crippen MR) is 65.1 cm³/mol. The number of anilines is 1. The molecule has 0 aliphatic carbocycles. The van der Waals surface area contributed by atoms with Gasteiger partial charge in [-0.2, -0.15) is 0 Å². The van der Waals surface area contributed by atoms with Crippen LogP contribution in [0, 0.1) is 11.7 Å². The smallest absolute Gasteiger partial charge is 0.229 e. The number of benzene rings is 1. The third-order valence-electron chi connectivity index (χ3n) is 2.96. The lowest BCUT2D eigenvalue weighted by Crippen LogP contribution is -2.30. The molecule has 2 rings (SSSR count). The van der Waals surface area contributed by atoms with E-state index in [0.717, 1.165) is 12.8 Å². The normalized spacial score (nSPS) is 19.3. The van der Waals surface area contributed by atoms with Gasteiger partial charge in [-0.25, -0.2) is 4.39 Å². The Bertz CT molecular complexity index is 430. The third-order valence-corrected chi connectivity index (χ3v) is 2.96. The van der Waals surface area contributed by atoms with Crippen LogP contribution in [-0.4, -0.2) is 26.2 Å². The van der Waals surface area contributed by atoms with E-state index < -0.39 is 5.82 Å². The van der Waals surface area contributed by atoms with E-state index in [9.17, 15) is 9.18 Å². The Morgan fingerprint density at radius 1 is 1.56 bits per heavy atom. The Morgan fingerprint density at radius 3 is 3.06 bits per heavy atom. The minimum atomic E-state index is -0.471. The summed E-state index contributed by atoms with van der Waals surface area (Å²) in [6.45, 7) is 1.09. The molecule has 1 atom stereocenters. The number of hydrogen-bond acceptors (Lipinski definition) is 3. The van der Waals surface area contributed by atoms with E-state index in [-0.39, 0.29) is 17.5 Å². The van der Waals surface area contributed by atoms with E-state index in [1.54, 1.807) is 0 Å². The molecule has 1 aromatic rings. The molecule has 0 aromatic heterocycles. The van der Waals surface area contributed by atoms with Crippen molar-refractivity contribution >= 4 is 11.6 Å². The number of methoxy groups -OCH3 is 1. The summed E-state index contributed by atoms with van der Waals surface area (Å²) in [5, 5.41) is 2.58. The van der Waals surface area contributed by atoms with Gasteiger partial charge in [0.25, 0.3) is 0 Å². The number of amides is 1. The molecule has 5 heteroatoms. The van der Waals surface area contributed by atoms with Crippen molar-refractivity contribution in [2.24, 2.45) is 5.92 Å². The second-order valence-electron chi connectivity index (χ2n) is 4.25. The Labute approximate surface area is 105 Å². The van der Waals surface area contributed by atoms with E-state index in [4.69, 9.17) is 9.47 Å². The molecule has 1 saturated heterocycles. The van der Waals surface area contributed by atoms with E-state index >= 15 is 0 Å². The van der Waals surface area contributed by atoms with Gasteiger partial charge >= 0.3 is 0 Å². The van der Waals surface area contributed by atoms with Crippen molar-refractivity contribution < 1.29 is 18.7 Å². The van der Waals surface area contributed by atoms with Gasteiger partial charge in [-0.15, -0.1) is 0 Å². The van der Waals surface area contributed by atoms with Crippen LogP contribution < -0.4 is 10.1 Å². The first-order chi connectivity index (χ1) is 8.70. The van der Waals surface area contributed by atoms with E-state index in [1.807, 2.05) is 0 Å². The molecule has 1 fully saturated rings. The van der Waals surface area contributed by atoms with E-state index in [0.29, 0.717) is 19.0 Å². The van der Waals surface area contributed by atoms with Crippen molar-refractivity contribution in [3.63, 3.8) is 0 Å². The lowest BCUT2D eigenvalue weighted by Gasteiger charge is -2.21. The van der Waals surface area contributed by atoms with Crippen molar-refractivity contribution in [2.45, 2.75) is 12.8 Å². The van der Waals surface area contributed by atoms with E-state index in [1.165, 1.54) is 25.3 Å². The summed E-state index contributed by atoms with van der Waals surface area (Å²) >= 11 is 0. The fourth-order valence-corrected chi connectivity index (χ4v) is 1.91. The zero-order valence-corrected chi connectivity index (χ0v) is 10.2. The second kappa shape index (κ2) is 5.82. The molecule has 1 aromatic carbocycles. The molecule has 1 unspecified atom stereocenters. The Balaban J connectivity index is 2.05. The van der Waals surface area contributed by atoms with Gasteiger partial charge < -0.3 is 14.8 Å². The molecular formula is C13H16FNO3. The number of ether oxygens (including phenoxy) is 2. The summed E-state index contributed by atoms with van der Waals surface area (Å²) < 4.78 is 23.8. The van der Waals surface area contributed by atoms with Gasteiger partial charge in [-0.1, -0.05) is 0 Å². The molecule has 1 aliphatic heterocycles. The molecule has 0 bridgehead atoms. The molecule has 0 radical (unpaired) electrons. The first-order valence-corrected chi connectivity index (χ1v) is 5.93. The van der Waals surface area contributed by atoms with Crippen molar-refractivity contribution in [2.75, 3.05) is 25.6 Å². The molecular weight excluding hydrogens is 237 g/mol. The minimum Gasteiger partial charge on any atom is -0.497 e. The summed E-state index contributed by atoms with van der Waals surface area (Å²) in [6, 6.07) is 4.25. The zero-order chi connectivity index (χ0) is 13.0. The highest BCUT2D eigenvalue weighted by Crippen LogP contribution is 2.23. The zero-order valence-electron chi connectivity index (χ0n) is 10.2. The largest absolute Gasteiger partial charge is 0.497 e. The molecule has 98 valence electrons. The summed E-state index contributed by atoms with van der Waals surface area (Å²) in [5.41, 5.74) is 0.143. The molecule has 1 heterocycles. The predicted octanol–water partition coefficient (Wildman–Crippen LogP) is 2.20. The van der Waals surface area contributed by atoms with Crippen LogP contribution in [-0.2, 0) is 9.53 Å². The monoisotopic (exact) mass is 253 g/mol. The number of carbonyl (C=O) groups excluding carboxylic acids is 1. The van der Waals surface area contributed by atoms with Crippen LogP contribution in [0.1, 0.15) is 12.8 Å². The molecule has 1 amide bonds. The number of halogens is 1. The van der Waals surface area contributed by atoms with Crippen LogP contribution in [0.25, 0.3) is 0 Å². The lowest BCUT2D eigenvalue weighted by molar-refractivity contribution is -0.123. The van der Waals surface area contributed by atoms with Crippen LogP contribution in [0.3, 0.4) is 0 Å². The Morgan fingerprint density at radius 2 is 2.39 bits per heavy atom. The average Bonchev–Trinajstić information content (AvgIpc) is 2.42. The first kappa shape index (κ1) is 12.8. The summed E-state index contributed by atoms with van der Waals surface area (Å²) in [6.07, 6.45) is 1.64. The Hall–Kier alpha value is -1.62. The van der Waals surface area contributed by atoms with Gasteiger partial charge in [0.2, 0.25) is 5.91 Å². The highest BCUT2D eigenvalue weighted by molar-refractivity contribution is 5.93. The Kier molecular flexibility index (Phi) is 4.15. The fraction of sp³-hybridized carbons (Fsp3) is 0.462. The van der Waals surface area contributed by atoms with E-state index in [2.05, 4.69) is 5.32 Å². The maximum Gasteiger partial charge on any atom is 0.229 e. The highest BCUT2D eigenvalue weighted by Gasteiger charge is 2.22. The summed E-state index contributed by atoms with van der Waals surface area (Å²) in [7, 11) is 1.49. The molecule has 18 heavy (non-hydrogen) atoms. The van der Waals surface area contributed by atoms with Crippen LogP contribution in [0.15, 0.2) is 18.2 Å². The van der Waals surface area contributed by atoms with Gasteiger partial charge in [-0.3, -0.25) is 4.79 Å². The second-order valence-corrected chi connectivity index (χ2v) is 4.25. The fourth-order valence-electron chi connectivity index (χ4n) is 1.91. The minimum absolute atomic E-state index is 0.143. The summed E-state index contributed by atoms with van der Waals surface area (Å²) in [4.78, 5) is 11.9. The van der Waals surface area contributed by atoms with Crippen LogP contribution in [0.4, 0.5) is 10.1 Å². The summed E-state index contributed by atoms with van der Waals surface area (Å²) in [5.74, 6) is -0.376. The number of hydrogen-bond donors (Lipinski definition) is 1. The maximum absolute atomic E-state index is 13.5. The van der Waals surface area contributed by atoms with Crippen LogP contribution in [0.2, 0.25) is 0 Å². The third kappa shape index (κ3) is 2.98. The standard InChI is InChI=1S/C13H16FNO3/c1-17-10-4-5-11(14)12(7-10)15-13(16)9-3-2-6-18-8-9/h4-5,7,9H,2-3,6,8H2,1H3,(H,15,16). The quantitative estimate of drug-likeness (QED) is 0.898. The van der Waals surface area contributed by atoms with Crippen molar-refractivity contribution in [3.8, 4) is 5.75 Å². The molecule has 1 aliphatic rings. The number of rotatable bonds is 3. The molecule has 4 nitrogen and oxygen atoms in total. The lowest BCUT2D eigenvalue weighted by atomic mass is 10.0. The molecule has 1 N–H and O–H groups in total. The molecule has 0 saturated carbocycles. The first-order valence-electron chi connectivity index (χ1n) is 5.93. The van der Waals surface area contributed by atoms with Crippen molar-refractivity contribution in [1.29, 1.82) is 0 Å². The average molecular weight is 253 g/mol. The van der Waals surface area contributed by atoms with Crippen molar-refractivity contribution in [3.05, 3.63) is 24.0 Å². The van der Waals surface area contributed by atoms with Gasteiger partial charge in [0, 0.05) is 12.7 Å². The van der Waals surface area contributed by atoms with Crippen LogP contribution >= 0.6 is 0 Å². The van der Waals surface area contributed by atoms with Gasteiger partial charge in [0.05, 0.1) is 25.3 Å². The highest BCUT2D eigenvalue weighted by atomic mass is 19.1. The topological polar surface area (TPSA) is 47.6 Å². The van der Waals surface area contributed by atoms with Crippen LogP contribution in [0.5, 0.6) is 5.75 Å². The SMILES string of the molecule is COc1ccc(F)c(NC(=O)C2CCCOC2)c1. The molecule has 0 spiro atoms. The number of nitrogens with one attached hydrogen (secondary N) is 1. The van der Waals surface area contributed by atoms with Crippen molar-refractivity contribution in [1.82, 2.24) is 0 Å². The number of carbonyl (C=O) groups is 1.